The van der Waals surface area contributed by atoms with Crippen LogP contribution < -0.4 is 0 Å². The van der Waals surface area contributed by atoms with Gasteiger partial charge in [-0.05, 0) is 53.0 Å². The lowest BCUT2D eigenvalue weighted by atomic mass is 9.44. The van der Waals surface area contributed by atoms with E-state index in [1.807, 2.05) is 72.8 Å². The van der Waals surface area contributed by atoms with Gasteiger partial charge in [0.1, 0.15) is 5.75 Å². The van der Waals surface area contributed by atoms with E-state index >= 15 is 4.79 Å². The van der Waals surface area contributed by atoms with Crippen molar-refractivity contribution >= 4 is 45.8 Å². The highest BCUT2D eigenvalue weighted by atomic mass is 16.5. The summed E-state index contributed by atoms with van der Waals surface area (Å²) in [6.45, 7) is 0. The fraction of sp³-hybridized carbons (Fsp3) is 0.225. The average Bonchev–Trinajstić information content (AvgIpc) is 3.38. The van der Waals surface area contributed by atoms with E-state index in [2.05, 4.69) is 0 Å². The van der Waals surface area contributed by atoms with Crippen molar-refractivity contribution in [3.63, 3.8) is 0 Å². The molecule has 0 aromatic heterocycles. The Hall–Kier alpha value is -5.63. The highest BCUT2D eigenvalue weighted by Gasteiger charge is 2.66. The standard InChI is InChI=1S/C40H31NO7/c1-48-39(47)41-37(45)28-17-16-27-30(34(28)38(41)46)20-31-36(44)29(22-10-4-2-5-11-22)21-33(43)40(31,23-12-6-3-7-13-23)35(27)26-18-19-32(42)25-15-9-8-14-24(25)26/h2-16,18-19,21,28,30-31,34-35,42H,17,20H2,1H3/t28-,30+,31-,34-,35-,40-/m0/s1. The molecule has 1 N–H and O–H groups in total. The van der Waals surface area contributed by atoms with Gasteiger partial charge in [-0.2, -0.15) is 4.90 Å². The van der Waals surface area contributed by atoms with Crippen molar-refractivity contribution in [1.82, 2.24) is 4.90 Å². The first-order valence-corrected chi connectivity index (χ1v) is 16.1. The minimum Gasteiger partial charge on any atom is -0.507 e. The van der Waals surface area contributed by atoms with Gasteiger partial charge in [-0.25, -0.2) is 4.79 Å². The van der Waals surface area contributed by atoms with Crippen LogP contribution in [-0.2, 0) is 29.3 Å². The number of phenols is 1. The van der Waals surface area contributed by atoms with E-state index in [1.54, 1.807) is 30.3 Å². The lowest BCUT2D eigenvalue weighted by molar-refractivity contribution is -0.138. The summed E-state index contributed by atoms with van der Waals surface area (Å²) in [5, 5.41) is 12.2. The van der Waals surface area contributed by atoms with E-state index in [-0.39, 0.29) is 30.2 Å². The van der Waals surface area contributed by atoms with Crippen LogP contribution in [0.5, 0.6) is 5.75 Å². The van der Waals surface area contributed by atoms with Gasteiger partial charge in [0.25, 0.3) is 0 Å². The van der Waals surface area contributed by atoms with Crippen LogP contribution in [0, 0.1) is 23.7 Å². The van der Waals surface area contributed by atoms with Crippen LogP contribution in [0.15, 0.2) is 115 Å². The van der Waals surface area contributed by atoms with E-state index in [4.69, 9.17) is 4.74 Å². The number of likely N-dealkylation sites (tertiary alicyclic amines) is 1. The van der Waals surface area contributed by atoms with Gasteiger partial charge in [0, 0.05) is 22.8 Å². The Labute approximate surface area is 276 Å². The number of carbonyl (C=O) groups is 5. The summed E-state index contributed by atoms with van der Waals surface area (Å²) >= 11 is 0. The number of hydrogen-bond donors (Lipinski definition) is 1. The molecule has 0 spiro atoms. The van der Waals surface area contributed by atoms with Gasteiger partial charge >= 0.3 is 6.09 Å². The van der Waals surface area contributed by atoms with Crippen molar-refractivity contribution < 1.29 is 33.8 Å². The number of methoxy groups -OCH3 is 1. The molecule has 8 rings (SSSR count). The van der Waals surface area contributed by atoms with Crippen molar-refractivity contribution in [3.05, 3.63) is 131 Å². The molecule has 2 fully saturated rings. The highest BCUT2D eigenvalue weighted by molar-refractivity contribution is 6.32. The van der Waals surface area contributed by atoms with Gasteiger partial charge in [-0.15, -0.1) is 0 Å². The Bertz CT molecular complexity index is 2120. The maximum Gasteiger partial charge on any atom is 0.423 e. The maximum absolute atomic E-state index is 15.2. The number of allylic oxidation sites excluding steroid dienone is 4. The molecule has 8 heteroatoms. The van der Waals surface area contributed by atoms with Crippen LogP contribution in [-0.4, -0.2) is 46.6 Å². The zero-order valence-electron chi connectivity index (χ0n) is 26.0. The van der Waals surface area contributed by atoms with Gasteiger partial charge in [0.05, 0.1) is 24.4 Å². The fourth-order valence-electron chi connectivity index (χ4n) is 9.05. The lowest BCUT2D eigenvalue weighted by Crippen LogP contribution is -2.58. The summed E-state index contributed by atoms with van der Waals surface area (Å²) in [7, 11) is 1.12. The number of hydrogen-bond acceptors (Lipinski definition) is 7. The molecule has 48 heavy (non-hydrogen) atoms. The van der Waals surface area contributed by atoms with Gasteiger partial charge < -0.3 is 9.84 Å². The molecule has 1 aliphatic heterocycles. The average molecular weight is 638 g/mol. The summed E-state index contributed by atoms with van der Waals surface area (Å²) in [6, 6.07) is 29.2. The van der Waals surface area contributed by atoms with E-state index in [0.717, 1.165) is 18.2 Å². The van der Waals surface area contributed by atoms with Gasteiger partial charge in [0.2, 0.25) is 11.8 Å². The molecule has 0 bridgehead atoms. The molecule has 0 radical (unpaired) electrons. The molecule has 4 aliphatic rings. The zero-order chi connectivity index (χ0) is 33.3. The van der Waals surface area contributed by atoms with Crippen LogP contribution >= 0.6 is 0 Å². The number of phenolic OH excluding ortho intramolecular Hbond substituents is 1. The molecule has 8 nitrogen and oxygen atoms in total. The number of Topliss-reactive ketones (excluding diaryl/α,β-unsaturated/α-hetero) is 1. The van der Waals surface area contributed by atoms with Crippen LogP contribution in [0.3, 0.4) is 0 Å². The third-order valence-corrected chi connectivity index (χ3v) is 11.0. The molecule has 1 saturated heterocycles. The van der Waals surface area contributed by atoms with E-state index in [1.165, 1.54) is 6.08 Å². The summed E-state index contributed by atoms with van der Waals surface area (Å²) in [5.41, 5.74) is 1.69. The van der Waals surface area contributed by atoms with Crippen LogP contribution in [0.4, 0.5) is 4.79 Å². The number of carbonyl (C=O) groups excluding carboxylic acids is 5. The number of aromatic hydroxyl groups is 1. The Balaban J connectivity index is 1.44. The third-order valence-electron chi connectivity index (χ3n) is 11.0. The summed E-state index contributed by atoms with van der Waals surface area (Å²) in [5.74, 6) is -5.64. The second-order valence-electron chi connectivity index (χ2n) is 13.0. The first-order chi connectivity index (χ1) is 23.3. The predicted molar refractivity (Wildman–Crippen MR) is 176 cm³/mol. The normalized spacial score (nSPS) is 27.9. The van der Waals surface area contributed by atoms with Crippen molar-refractivity contribution in [2.75, 3.05) is 7.11 Å². The second kappa shape index (κ2) is 11.0. The zero-order valence-corrected chi connectivity index (χ0v) is 26.0. The van der Waals surface area contributed by atoms with Crippen LogP contribution in [0.2, 0.25) is 0 Å². The first-order valence-electron chi connectivity index (χ1n) is 16.1. The number of rotatable bonds is 3. The SMILES string of the molecule is COC(=O)N1C(=O)[C@H]2[C@H](CC=C3[C@H]2C[C@H]2C(=O)C(c4ccccc4)=CC(=O)[C@@]2(c2ccccc2)[C@H]3c2ccc(O)c3ccccc23)C1=O. The molecule has 238 valence electrons. The molecule has 4 aromatic rings. The molecular weight excluding hydrogens is 606 g/mol. The Morgan fingerprint density at radius 2 is 1.48 bits per heavy atom. The number of imide groups is 3. The quantitative estimate of drug-likeness (QED) is 0.212. The monoisotopic (exact) mass is 637 g/mol. The molecule has 3 amide bonds. The lowest BCUT2D eigenvalue weighted by Gasteiger charge is -2.55. The second-order valence-corrected chi connectivity index (χ2v) is 13.0. The fourth-order valence-corrected chi connectivity index (χ4v) is 9.05. The molecule has 0 unspecified atom stereocenters. The van der Waals surface area contributed by atoms with Crippen LogP contribution in [0.1, 0.15) is 35.4 Å². The Morgan fingerprint density at radius 1 is 0.812 bits per heavy atom. The van der Waals surface area contributed by atoms with Gasteiger partial charge in [-0.3, -0.25) is 19.2 Å². The van der Waals surface area contributed by atoms with Crippen molar-refractivity contribution in [1.29, 1.82) is 0 Å². The van der Waals surface area contributed by atoms with Crippen molar-refractivity contribution in [2.45, 2.75) is 24.2 Å². The molecular formula is C40H31NO7. The molecule has 6 atom stereocenters. The van der Waals surface area contributed by atoms with Crippen LogP contribution in [0.25, 0.3) is 16.3 Å². The predicted octanol–water partition coefficient (Wildman–Crippen LogP) is 6.14. The number of nitrogens with zero attached hydrogens (tertiary/aromatic N) is 1. The first kappa shape index (κ1) is 29.8. The molecule has 3 aliphatic carbocycles. The van der Waals surface area contributed by atoms with E-state index < -0.39 is 52.9 Å². The topological polar surface area (TPSA) is 118 Å². The number of benzene rings is 4. The summed E-state index contributed by atoms with van der Waals surface area (Å²) < 4.78 is 4.82. The largest absolute Gasteiger partial charge is 0.507 e. The van der Waals surface area contributed by atoms with Crippen molar-refractivity contribution in [2.24, 2.45) is 23.7 Å². The highest BCUT2D eigenvalue weighted by Crippen LogP contribution is 2.64. The summed E-state index contributed by atoms with van der Waals surface area (Å²) in [6.07, 6.45) is 2.70. The molecule has 4 aromatic carbocycles. The third kappa shape index (κ3) is 3.98. The molecule has 1 saturated carbocycles. The van der Waals surface area contributed by atoms with Gasteiger partial charge in [0.15, 0.2) is 11.6 Å². The van der Waals surface area contributed by atoms with Gasteiger partial charge in [-0.1, -0.05) is 103 Å². The number of ketones is 2. The number of amides is 3. The minimum absolute atomic E-state index is 0.0762. The minimum atomic E-state index is -1.40. The Kier molecular flexibility index (Phi) is 6.80. The Morgan fingerprint density at radius 3 is 2.19 bits per heavy atom. The van der Waals surface area contributed by atoms with Crippen molar-refractivity contribution in [3.8, 4) is 5.75 Å². The summed E-state index contributed by atoms with van der Waals surface area (Å²) in [4.78, 5) is 71.0. The number of fused-ring (bicyclic) bond motifs is 5. The van der Waals surface area contributed by atoms with E-state index in [9.17, 15) is 24.3 Å². The molecule has 1 heterocycles. The van der Waals surface area contributed by atoms with E-state index in [0.29, 0.717) is 32.4 Å². The maximum atomic E-state index is 15.2. The smallest absolute Gasteiger partial charge is 0.423 e. The number of ether oxygens (including phenoxy) is 1.